The molecule has 0 aromatic carbocycles. The molecule has 3 aliphatic heterocycles. The van der Waals surface area contributed by atoms with Crippen LogP contribution in [0, 0.1) is 12.8 Å². The van der Waals surface area contributed by atoms with Crippen molar-refractivity contribution in [2.24, 2.45) is 5.92 Å². The number of aromatic nitrogens is 2. The van der Waals surface area contributed by atoms with E-state index in [4.69, 9.17) is 19.4 Å². The highest BCUT2D eigenvalue weighted by Crippen LogP contribution is 2.46. The molecule has 38 heavy (non-hydrogen) atoms. The monoisotopic (exact) mass is 518 g/mol. The van der Waals surface area contributed by atoms with Crippen molar-refractivity contribution in [2.45, 2.75) is 95.9 Å². The molecule has 5 heterocycles. The molecule has 6 rings (SSSR count). The molecule has 0 bridgehead atoms. The van der Waals surface area contributed by atoms with Crippen LogP contribution in [0.25, 0.3) is 0 Å². The van der Waals surface area contributed by atoms with Crippen LogP contribution in [0.5, 0.6) is 0 Å². The molecule has 2 aromatic heterocycles. The molecule has 0 radical (unpaired) electrons. The van der Waals surface area contributed by atoms with Gasteiger partial charge in [-0.3, -0.25) is 19.8 Å². The van der Waals surface area contributed by atoms with E-state index in [0.717, 1.165) is 51.4 Å². The summed E-state index contributed by atoms with van der Waals surface area (Å²) in [5, 5.41) is 0. The first kappa shape index (κ1) is 26.4. The van der Waals surface area contributed by atoms with E-state index < -0.39 is 0 Å². The minimum absolute atomic E-state index is 0.352. The summed E-state index contributed by atoms with van der Waals surface area (Å²) in [5.74, 6) is 2.04. The van der Waals surface area contributed by atoms with E-state index >= 15 is 0 Å². The summed E-state index contributed by atoms with van der Waals surface area (Å²) in [6, 6.07) is 9.66. The molecule has 5 atom stereocenters. The summed E-state index contributed by atoms with van der Waals surface area (Å²) in [5.41, 5.74) is 7.68. The zero-order valence-corrected chi connectivity index (χ0v) is 23.9. The molecular formula is C32H46N4O2. The first-order valence-corrected chi connectivity index (χ1v) is 15.0. The Morgan fingerprint density at radius 1 is 0.974 bits per heavy atom. The lowest BCUT2D eigenvalue weighted by molar-refractivity contribution is 0.0833. The van der Waals surface area contributed by atoms with Gasteiger partial charge in [0.1, 0.15) is 0 Å². The Labute approximate surface area is 229 Å². The summed E-state index contributed by atoms with van der Waals surface area (Å²) in [7, 11) is 2.28. The largest absolute Gasteiger partial charge is 0.381 e. The fourth-order valence-corrected chi connectivity index (χ4v) is 7.03. The molecule has 6 heteroatoms. The Morgan fingerprint density at radius 2 is 1.76 bits per heavy atom. The summed E-state index contributed by atoms with van der Waals surface area (Å²) in [6.45, 7) is 13.4. The van der Waals surface area contributed by atoms with E-state index in [-0.39, 0.29) is 0 Å². The molecule has 4 fully saturated rings. The van der Waals surface area contributed by atoms with Gasteiger partial charge in [0.25, 0.3) is 0 Å². The molecule has 0 N–H and O–H groups in total. The van der Waals surface area contributed by atoms with Gasteiger partial charge in [-0.25, -0.2) is 0 Å². The SMILES string of the molecule is Cc1ccc(C2CCOC2)c(CN(C)C2CC2C2C[C@@H](c3ccc(C(C)C)nc3CN3CCCC3)CO2)n1. The van der Waals surface area contributed by atoms with Crippen molar-refractivity contribution in [3.63, 3.8) is 0 Å². The Kier molecular flexibility index (Phi) is 7.86. The van der Waals surface area contributed by atoms with E-state index in [9.17, 15) is 0 Å². The van der Waals surface area contributed by atoms with Gasteiger partial charge in [-0.2, -0.15) is 0 Å². The lowest BCUT2D eigenvalue weighted by Gasteiger charge is -2.22. The summed E-state index contributed by atoms with van der Waals surface area (Å²) >= 11 is 0. The van der Waals surface area contributed by atoms with Crippen molar-refractivity contribution >= 4 is 0 Å². The maximum Gasteiger partial charge on any atom is 0.0625 e. The minimum Gasteiger partial charge on any atom is -0.381 e. The number of pyridine rings is 2. The van der Waals surface area contributed by atoms with E-state index in [2.05, 4.69) is 61.9 Å². The van der Waals surface area contributed by atoms with Gasteiger partial charge in [-0.05, 0) is 88.3 Å². The number of likely N-dealkylation sites (tertiary alicyclic amines) is 1. The zero-order chi connectivity index (χ0) is 26.2. The number of ether oxygens (including phenoxy) is 2. The predicted octanol–water partition coefficient (Wildman–Crippen LogP) is 5.40. The van der Waals surface area contributed by atoms with Crippen molar-refractivity contribution in [1.29, 1.82) is 0 Å². The van der Waals surface area contributed by atoms with E-state index in [1.54, 1.807) is 0 Å². The van der Waals surface area contributed by atoms with Crippen molar-refractivity contribution < 1.29 is 9.47 Å². The molecular weight excluding hydrogens is 472 g/mol. The molecule has 0 spiro atoms. The van der Waals surface area contributed by atoms with E-state index in [1.165, 1.54) is 60.6 Å². The number of hydrogen-bond donors (Lipinski definition) is 0. The number of aryl methyl sites for hydroxylation is 1. The highest BCUT2D eigenvalue weighted by Gasteiger charge is 2.49. The predicted molar refractivity (Wildman–Crippen MR) is 150 cm³/mol. The van der Waals surface area contributed by atoms with Crippen LogP contribution in [0.15, 0.2) is 24.3 Å². The van der Waals surface area contributed by atoms with Crippen LogP contribution in [0.3, 0.4) is 0 Å². The molecule has 2 aromatic rings. The van der Waals surface area contributed by atoms with Crippen molar-refractivity contribution in [3.8, 4) is 0 Å². The number of nitrogens with zero attached hydrogens (tertiary/aromatic N) is 4. The quantitative estimate of drug-likeness (QED) is 0.443. The minimum atomic E-state index is 0.352. The number of rotatable bonds is 9. The third kappa shape index (κ3) is 5.70. The van der Waals surface area contributed by atoms with E-state index in [0.29, 0.717) is 35.8 Å². The molecule has 3 saturated heterocycles. The Hall–Kier alpha value is -1.86. The van der Waals surface area contributed by atoms with Crippen LogP contribution in [-0.2, 0) is 22.6 Å². The van der Waals surface area contributed by atoms with Gasteiger partial charge in [0.05, 0.1) is 30.7 Å². The first-order valence-electron chi connectivity index (χ1n) is 15.0. The lowest BCUT2D eigenvalue weighted by Crippen LogP contribution is -2.26. The fraction of sp³-hybridized carbons (Fsp3) is 0.688. The summed E-state index contributed by atoms with van der Waals surface area (Å²) < 4.78 is 12.2. The van der Waals surface area contributed by atoms with Crippen LogP contribution >= 0.6 is 0 Å². The highest BCUT2D eigenvalue weighted by atomic mass is 16.5. The zero-order valence-electron chi connectivity index (χ0n) is 23.9. The molecule has 4 unspecified atom stereocenters. The second-order valence-corrected chi connectivity index (χ2v) is 12.6. The molecule has 6 nitrogen and oxygen atoms in total. The van der Waals surface area contributed by atoms with Crippen LogP contribution < -0.4 is 0 Å². The van der Waals surface area contributed by atoms with Crippen molar-refractivity contribution in [1.82, 2.24) is 19.8 Å². The average Bonchev–Trinajstić information content (AvgIpc) is 3.33. The molecule has 4 aliphatic rings. The molecule has 0 amide bonds. The average molecular weight is 519 g/mol. The smallest absolute Gasteiger partial charge is 0.0625 e. The molecule has 1 saturated carbocycles. The van der Waals surface area contributed by atoms with E-state index in [1.807, 2.05) is 0 Å². The normalized spacial score (nSPS) is 29.7. The second-order valence-electron chi connectivity index (χ2n) is 12.6. The van der Waals surface area contributed by atoms with Crippen molar-refractivity contribution in [2.75, 3.05) is 40.0 Å². The Morgan fingerprint density at radius 3 is 2.53 bits per heavy atom. The van der Waals surface area contributed by atoms with Crippen LogP contribution in [0.4, 0.5) is 0 Å². The van der Waals surface area contributed by atoms with Crippen LogP contribution in [0.1, 0.15) is 97.6 Å². The van der Waals surface area contributed by atoms with Gasteiger partial charge >= 0.3 is 0 Å². The van der Waals surface area contributed by atoms with Crippen molar-refractivity contribution in [3.05, 3.63) is 58.2 Å². The standard InChI is InChI=1S/C32H46N4O2/c1-21(2)28-10-9-26(30(34-28)18-36-12-5-6-13-36)24-15-32(38-20-24)27-16-31(27)35(4)17-29-25(8-7-22(3)33-29)23-11-14-37-19-23/h7-10,21,23-24,27,31-32H,5-6,11-20H2,1-4H3/t23?,24-,27?,31?,32?/m1/s1. The number of hydrogen-bond acceptors (Lipinski definition) is 6. The Balaban J connectivity index is 1.10. The second kappa shape index (κ2) is 11.3. The van der Waals surface area contributed by atoms with Gasteiger partial charge in [-0.1, -0.05) is 26.0 Å². The third-order valence-electron chi connectivity index (χ3n) is 9.43. The summed E-state index contributed by atoms with van der Waals surface area (Å²) in [4.78, 5) is 15.3. The lowest BCUT2D eigenvalue weighted by atomic mass is 9.92. The fourth-order valence-electron chi connectivity index (χ4n) is 7.03. The third-order valence-corrected chi connectivity index (χ3v) is 9.43. The first-order chi connectivity index (χ1) is 18.5. The maximum atomic E-state index is 6.50. The maximum absolute atomic E-state index is 6.50. The van der Waals surface area contributed by atoms with Crippen LogP contribution in [-0.4, -0.2) is 71.9 Å². The highest BCUT2D eigenvalue weighted by molar-refractivity contribution is 5.30. The topological polar surface area (TPSA) is 50.7 Å². The molecule has 1 aliphatic carbocycles. The summed E-state index contributed by atoms with van der Waals surface area (Å²) in [6.07, 6.45) is 6.45. The van der Waals surface area contributed by atoms with Crippen LogP contribution in [0.2, 0.25) is 0 Å². The van der Waals surface area contributed by atoms with Gasteiger partial charge in [0.2, 0.25) is 0 Å². The van der Waals surface area contributed by atoms with Gasteiger partial charge in [-0.15, -0.1) is 0 Å². The van der Waals surface area contributed by atoms with Gasteiger partial charge in [0.15, 0.2) is 0 Å². The van der Waals surface area contributed by atoms with Gasteiger partial charge < -0.3 is 9.47 Å². The van der Waals surface area contributed by atoms with Gasteiger partial charge in [0, 0.05) is 54.9 Å². The Bertz CT molecular complexity index is 1110. The molecule has 206 valence electrons.